The number of carboxylic acids is 1. The summed E-state index contributed by atoms with van der Waals surface area (Å²) in [5.74, 6) is -1.12. The maximum absolute atomic E-state index is 11.6. The molecule has 0 bridgehead atoms. The van der Waals surface area contributed by atoms with E-state index in [1.165, 1.54) is 0 Å². The van der Waals surface area contributed by atoms with Crippen molar-refractivity contribution in [2.45, 2.75) is 32.4 Å². The minimum atomic E-state index is -1.03. The molecule has 3 N–H and O–H groups in total. The number of rotatable bonds is 8. The van der Waals surface area contributed by atoms with Crippen LogP contribution in [0.2, 0.25) is 5.15 Å². The number of nitrogens with zero attached hydrogens (tertiary/aromatic N) is 1. The molecule has 0 aliphatic heterocycles. The van der Waals surface area contributed by atoms with Crippen LogP contribution in [0, 0.1) is 0 Å². The van der Waals surface area contributed by atoms with Crippen LogP contribution in [-0.2, 0) is 22.6 Å². The van der Waals surface area contributed by atoms with Crippen LogP contribution in [0.5, 0.6) is 5.75 Å². The highest BCUT2D eigenvalue weighted by Gasteiger charge is 2.21. The lowest BCUT2D eigenvalue weighted by Crippen LogP contribution is -2.25. The molecule has 6 nitrogen and oxygen atoms in total. The Labute approximate surface area is 167 Å². The number of carbonyl (C=O) groups excluding carboxylic acids is 1. The predicted molar refractivity (Wildman–Crippen MR) is 108 cm³/mol. The van der Waals surface area contributed by atoms with Crippen LogP contribution in [0.25, 0.3) is 10.9 Å². The topological polar surface area (TPSA) is 94.5 Å². The van der Waals surface area contributed by atoms with Gasteiger partial charge in [-0.2, -0.15) is 0 Å². The first-order chi connectivity index (χ1) is 13.4. The zero-order valence-corrected chi connectivity index (χ0v) is 16.1. The maximum Gasteiger partial charge on any atom is 0.344 e. The summed E-state index contributed by atoms with van der Waals surface area (Å²) in [5.41, 5.74) is 7.90. The predicted octanol–water partition coefficient (Wildman–Crippen LogP) is 3.61. The molecule has 28 heavy (non-hydrogen) atoms. The van der Waals surface area contributed by atoms with E-state index in [1.54, 1.807) is 19.1 Å². The normalized spacial score (nSPS) is 12.1. The number of ether oxygens (including phenoxy) is 1. The molecular formula is C21H21ClN2O4. The molecule has 1 amide bonds. The van der Waals surface area contributed by atoms with Gasteiger partial charge in [0, 0.05) is 17.5 Å². The van der Waals surface area contributed by atoms with Gasteiger partial charge in [0.05, 0.1) is 11.9 Å². The molecule has 0 aliphatic carbocycles. The van der Waals surface area contributed by atoms with Crippen LogP contribution in [0.3, 0.4) is 0 Å². The lowest BCUT2D eigenvalue weighted by molar-refractivity contribution is -0.145. The second kappa shape index (κ2) is 8.35. The van der Waals surface area contributed by atoms with Crippen LogP contribution >= 0.6 is 11.6 Å². The van der Waals surface area contributed by atoms with Gasteiger partial charge in [-0.3, -0.25) is 4.79 Å². The van der Waals surface area contributed by atoms with E-state index in [-0.39, 0.29) is 6.42 Å². The van der Waals surface area contributed by atoms with Crippen LogP contribution in [0.15, 0.2) is 48.5 Å². The lowest BCUT2D eigenvalue weighted by Gasteiger charge is -2.13. The van der Waals surface area contributed by atoms with Crippen molar-refractivity contribution in [1.29, 1.82) is 0 Å². The molecule has 1 atom stereocenters. The van der Waals surface area contributed by atoms with Gasteiger partial charge in [0.15, 0.2) is 6.10 Å². The quantitative estimate of drug-likeness (QED) is 0.603. The fourth-order valence-electron chi connectivity index (χ4n) is 3.18. The number of carbonyl (C=O) groups is 2. The van der Waals surface area contributed by atoms with Crippen molar-refractivity contribution in [3.63, 3.8) is 0 Å². The van der Waals surface area contributed by atoms with Gasteiger partial charge in [0.1, 0.15) is 10.9 Å². The number of hydrogen-bond acceptors (Lipinski definition) is 3. The highest BCUT2D eigenvalue weighted by Crippen LogP contribution is 2.34. The summed E-state index contributed by atoms with van der Waals surface area (Å²) in [6.07, 6.45) is -0.632. The van der Waals surface area contributed by atoms with Gasteiger partial charge in [-0.1, -0.05) is 48.9 Å². The van der Waals surface area contributed by atoms with Gasteiger partial charge in [-0.15, -0.1) is 0 Å². The largest absolute Gasteiger partial charge is 0.479 e. The van der Waals surface area contributed by atoms with Gasteiger partial charge in [-0.25, -0.2) is 4.79 Å². The minimum Gasteiger partial charge on any atom is -0.479 e. The molecule has 0 aliphatic rings. The summed E-state index contributed by atoms with van der Waals surface area (Å²) in [6.45, 7) is 2.27. The molecule has 1 heterocycles. The Morgan fingerprint density at radius 2 is 1.93 bits per heavy atom. The van der Waals surface area contributed by atoms with Crippen LogP contribution in [0.4, 0.5) is 0 Å². The summed E-state index contributed by atoms with van der Waals surface area (Å²) in [6, 6.07) is 15.1. The van der Waals surface area contributed by atoms with Crippen molar-refractivity contribution in [3.8, 4) is 5.75 Å². The van der Waals surface area contributed by atoms with Crippen molar-refractivity contribution in [3.05, 3.63) is 64.8 Å². The first-order valence-electron chi connectivity index (χ1n) is 8.93. The number of halogens is 1. The van der Waals surface area contributed by atoms with Crippen LogP contribution in [-0.4, -0.2) is 27.7 Å². The van der Waals surface area contributed by atoms with E-state index < -0.39 is 18.0 Å². The molecule has 0 spiro atoms. The van der Waals surface area contributed by atoms with E-state index in [2.05, 4.69) is 0 Å². The summed E-state index contributed by atoms with van der Waals surface area (Å²) in [4.78, 5) is 22.8. The van der Waals surface area contributed by atoms with Crippen molar-refractivity contribution in [1.82, 2.24) is 4.57 Å². The maximum atomic E-state index is 11.6. The molecule has 0 saturated heterocycles. The summed E-state index contributed by atoms with van der Waals surface area (Å²) in [7, 11) is 0. The Bertz CT molecular complexity index is 1010. The van der Waals surface area contributed by atoms with Crippen molar-refractivity contribution >= 4 is 34.4 Å². The Kier molecular flexibility index (Phi) is 5.90. The molecule has 146 valence electrons. The van der Waals surface area contributed by atoms with E-state index in [0.717, 1.165) is 16.5 Å². The van der Waals surface area contributed by atoms with E-state index in [0.29, 0.717) is 29.4 Å². The molecular weight excluding hydrogens is 380 g/mol. The second-order valence-corrected chi connectivity index (χ2v) is 6.87. The Hall–Kier alpha value is -2.99. The molecule has 3 aromatic rings. The third kappa shape index (κ3) is 4.12. The summed E-state index contributed by atoms with van der Waals surface area (Å²) >= 11 is 6.60. The number of fused-ring (bicyclic) bond motifs is 1. The number of amides is 1. The molecule has 1 aromatic heterocycles. The van der Waals surface area contributed by atoms with E-state index in [1.807, 2.05) is 41.0 Å². The Balaban J connectivity index is 2.08. The zero-order valence-electron chi connectivity index (χ0n) is 15.4. The summed E-state index contributed by atoms with van der Waals surface area (Å²) < 4.78 is 7.50. The first-order valence-corrected chi connectivity index (χ1v) is 9.30. The number of primary amides is 1. The number of benzene rings is 2. The third-order valence-electron chi connectivity index (χ3n) is 4.53. The van der Waals surface area contributed by atoms with E-state index in [4.69, 9.17) is 22.1 Å². The van der Waals surface area contributed by atoms with E-state index in [9.17, 15) is 14.7 Å². The fourth-order valence-corrected chi connectivity index (χ4v) is 3.50. The molecule has 2 aromatic carbocycles. The zero-order chi connectivity index (χ0) is 20.3. The molecule has 0 radical (unpaired) electrons. The number of carboxylic acid groups (broad SMARTS) is 1. The van der Waals surface area contributed by atoms with Crippen LogP contribution in [0.1, 0.15) is 24.5 Å². The number of aliphatic carboxylic acids is 1. The van der Waals surface area contributed by atoms with Crippen LogP contribution < -0.4 is 10.5 Å². The minimum absolute atomic E-state index is 0.0171. The van der Waals surface area contributed by atoms with Gasteiger partial charge < -0.3 is 20.1 Å². The average Bonchev–Trinajstić information content (AvgIpc) is 2.91. The fraction of sp³-hybridized carbons (Fsp3) is 0.238. The highest BCUT2D eigenvalue weighted by atomic mass is 35.5. The molecule has 0 saturated carbocycles. The van der Waals surface area contributed by atoms with E-state index >= 15 is 0 Å². The second-order valence-electron chi connectivity index (χ2n) is 6.52. The molecule has 3 rings (SSSR count). The standard InChI is InChI=1S/C21H21ClN2O4/c1-2-18(21(26)27)28-14-8-9-17-15(10-14)16(11-19(23)25)20(22)24(17)12-13-6-4-3-5-7-13/h3-10,18H,2,11-12H2,1H3,(H2,23,25)(H,26,27). The Morgan fingerprint density at radius 1 is 1.21 bits per heavy atom. The molecule has 0 fully saturated rings. The summed E-state index contributed by atoms with van der Waals surface area (Å²) in [5, 5.41) is 10.4. The molecule has 7 heteroatoms. The number of nitrogens with two attached hydrogens (primary N) is 1. The van der Waals surface area contributed by atoms with Gasteiger partial charge in [-0.05, 0) is 30.2 Å². The highest BCUT2D eigenvalue weighted by molar-refractivity contribution is 6.32. The van der Waals surface area contributed by atoms with Gasteiger partial charge in [0.25, 0.3) is 0 Å². The first kappa shape index (κ1) is 19.8. The van der Waals surface area contributed by atoms with Crippen molar-refractivity contribution in [2.75, 3.05) is 0 Å². The third-order valence-corrected chi connectivity index (χ3v) is 4.96. The number of hydrogen-bond donors (Lipinski definition) is 2. The lowest BCUT2D eigenvalue weighted by atomic mass is 10.1. The molecule has 1 unspecified atom stereocenters. The van der Waals surface area contributed by atoms with Gasteiger partial charge >= 0.3 is 5.97 Å². The average molecular weight is 401 g/mol. The SMILES string of the molecule is CCC(Oc1ccc2c(c1)c(CC(N)=O)c(Cl)n2Cc1ccccc1)C(=O)O. The monoisotopic (exact) mass is 400 g/mol. The van der Waals surface area contributed by atoms with Crippen molar-refractivity contribution in [2.24, 2.45) is 5.73 Å². The van der Waals surface area contributed by atoms with Gasteiger partial charge in [0.2, 0.25) is 5.91 Å². The van der Waals surface area contributed by atoms with Crippen molar-refractivity contribution < 1.29 is 19.4 Å². The number of aromatic nitrogens is 1. The smallest absolute Gasteiger partial charge is 0.344 e. The Morgan fingerprint density at radius 3 is 2.54 bits per heavy atom.